The van der Waals surface area contributed by atoms with E-state index in [4.69, 9.17) is 0 Å². The van der Waals surface area contributed by atoms with Gasteiger partial charge < -0.3 is 20.2 Å². The van der Waals surface area contributed by atoms with Gasteiger partial charge in [-0.05, 0) is 12.3 Å². The molecule has 0 amide bonds. The fraction of sp³-hybridized carbons (Fsp3) is 0.750. The maximum Gasteiger partial charge on any atom is 0.232 e. The molecule has 0 radical (unpaired) electrons. The zero-order valence-corrected chi connectivity index (χ0v) is 12.0. The summed E-state index contributed by atoms with van der Waals surface area (Å²) < 4.78 is 0. The van der Waals surface area contributed by atoms with E-state index in [9.17, 15) is 5.11 Å². The van der Waals surface area contributed by atoms with E-state index in [2.05, 4.69) is 27.2 Å². The van der Waals surface area contributed by atoms with Crippen molar-refractivity contribution < 1.29 is 5.11 Å². The molecule has 1 aliphatic rings. The third-order valence-electron chi connectivity index (χ3n) is 3.44. The molecule has 1 aromatic heterocycles. The summed E-state index contributed by atoms with van der Waals surface area (Å²) in [5.74, 6) is 2.11. The Morgan fingerprint density at radius 1 is 1.32 bits per heavy atom. The Bertz CT molecular complexity index is 438. The average molecular weight is 266 g/mol. The molecule has 2 heterocycles. The van der Waals surface area contributed by atoms with Crippen LogP contribution in [0.3, 0.4) is 0 Å². The van der Waals surface area contributed by atoms with Gasteiger partial charge >= 0.3 is 0 Å². The van der Waals surface area contributed by atoms with E-state index in [1.165, 1.54) is 0 Å². The molecule has 0 saturated carbocycles. The van der Waals surface area contributed by atoms with Crippen LogP contribution >= 0.6 is 0 Å². The van der Waals surface area contributed by atoms with Crippen molar-refractivity contribution in [3.8, 4) is 0 Å². The lowest BCUT2D eigenvalue weighted by Gasteiger charge is -2.34. The van der Waals surface area contributed by atoms with Gasteiger partial charge in [0, 0.05) is 34.2 Å². The van der Waals surface area contributed by atoms with Gasteiger partial charge in [-0.1, -0.05) is 6.92 Å². The van der Waals surface area contributed by atoms with Crippen LogP contribution in [0, 0.1) is 5.92 Å². The summed E-state index contributed by atoms with van der Waals surface area (Å²) >= 11 is 0. The van der Waals surface area contributed by atoms with Crippen molar-refractivity contribution in [2.75, 3.05) is 49.3 Å². The second kappa shape index (κ2) is 5.56. The molecule has 1 saturated heterocycles. The smallest absolute Gasteiger partial charge is 0.232 e. The number of rotatable bonds is 3. The Morgan fingerprint density at radius 3 is 2.63 bits per heavy atom. The number of piperidine rings is 1. The van der Waals surface area contributed by atoms with Crippen LogP contribution < -0.4 is 15.1 Å². The van der Waals surface area contributed by atoms with Crippen LogP contribution in [0.5, 0.6) is 0 Å². The number of nitrogens with zero attached hydrogens (tertiary/aromatic N) is 5. The van der Waals surface area contributed by atoms with E-state index in [1.807, 2.05) is 23.9 Å². The minimum absolute atomic E-state index is 0.327. The van der Waals surface area contributed by atoms with Gasteiger partial charge in [0.15, 0.2) is 0 Å². The predicted octanol–water partition coefficient (Wildman–Crippen LogP) is 0.186. The summed E-state index contributed by atoms with van der Waals surface area (Å²) in [6, 6.07) is 0. The Labute approximate surface area is 113 Å². The molecule has 0 bridgehead atoms. The van der Waals surface area contributed by atoms with Gasteiger partial charge in [0.25, 0.3) is 0 Å². The van der Waals surface area contributed by atoms with Crippen molar-refractivity contribution in [2.24, 2.45) is 5.92 Å². The van der Waals surface area contributed by atoms with Crippen molar-refractivity contribution in [1.29, 1.82) is 0 Å². The van der Waals surface area contributed by atoms with Crippen LogP contribution in [-0.2, 0) is 0 Å². The number of anilines is 3. The molecular formula is C12H22N6O. The first-order valence-electron chi connectivity index (χ1n) is 6.55. The topological polar surface area (TPSA) is 77.4 Å². The van der Waals surface area contributed by atoms with E-state index >= 15 is 0 Å². The molecule has 7 heteroatoms. The molecule has 0 spiro atoms. The fourth-order valence-electron chi connectivity index (χ4n) is 2.04. The maximum absolute atomic E-state index is 9.98. The highest BCUT2D eigenvalue weighted by atomic mass is 16.3. The number of β-amino-alcohol motifs (C(OH)–C–C–N with tert-alkyl or cyclic N) is 1. The molecule has 1 fully saturated rings. The molecule has 2 N–H and O–H groups in total. The van der Waals surface area contributed by atoms with Gasteiger partial charge in [0.1, 0.15) is 0 Å². The summed E-state index contributed by atoms with van der Waals surface area (Å²) in [6.45, 7) is 3.50. The molecule has 2 rings (SSSR count). The van der Waals surface area contributed by atoms with Crippen LogP contribution in [-0.4, -0.2) is 60.4 Å². The monoisotopic (exact) mass is 266 g/mol. The molecule has 1 aliphatic heterocycles. The highest BCUT2D eigenvalue weighted by molar-refractivity contribution is 5.44. The number of aliphatic hydroxyl groups is 1. The van der Waals surface area contributed by atoms with Gasteiger partial charge in [-0.25, -0.2) is 0 Å². The standard InChI is InChI=1S/C12H22N6O/c1-8-5-6-18(7-9(8)19)12-15-10(13-2)14-11(16-12)17(3)4/h8-9,19H,5-7H2,1-4H3,(H,13,14,15,16). The lowest BCUT2D eigenvalue weighted by Crippen LogP contribution is -2.43. The SMILES string of the molecule is CNc1nc(N(C)C)nc(N2CCC(C)C(O)C2)n1. The average Bonchev–Trinajstić information content (AvgIpc) is 2.41. The van der Waals surface area contributed by atoms with Crippen molar-refractivity contribution >= 4 is 17.8 Å². The van der Waals surface area contributed by atoms with E-state index in [0.29, 0.717) is 30.3 Å². The van der Waals surface area contributed by atoms with Crippen LogP contribution in [0.2, 0.25) is 0 Å². The van der Waals surface area contributed by atoms with Gasteiger partial charge in [0.05, 0.1) is 6.10 Å². The number of aromatic nitrogens is 3. The first-order chi connectivity index (χ1) is 9.01. The predicted molar refractivity (Wildman–Crippen MR) is 75.7 cm³/mol. The van der Waals surface area contributed by atoms with Crippen molar-refractivity contribution in [3.05, 3.63) is 0 Å². The first-order valence-corrected chi connectivity index (χ1v) is 6.55. The van der Waals surface area contributed by atoms with Crippen LogP contribution in [0.1, 0.15) is 13.3 Å². The Balaban J connectivity index is 2.26. The number of nitrogens with one attached hydrogen (secondary N) is 1. The number of hydrogen-bond donors (Lipinski definition) is 2. The first kappa shape index (κ1) is 13.8. The highest BCUT2D eigenvalue weighted by Gasteiger charge is 2.26. The Kier molecular flexibility index (Phi) is 4.04. The Hall–Kier alpha value is -1.63. The summed E-state index contributed by atoms with van der Waals surface area (Å²) in [7, 11) is 5.57. The van der Waals surface area contributed by atoms with Gasteiger partial charge in [-0.3, -0.25) is 0 Å². The molecular weight excluding hydrogens is 244 g/mol. The zero-order valence-electron chi connectivity index (χ0n) is 12.0. The van der Waals surface area contributed by atoms with Crippen LogP contribution in [0.15, 0.2) is 0 Å². The van der Waals surface area contributed by atoms with E-state index in [1.54, 1.807) is 7.05 Å². The van der Waals surface area contributed by atoms with Crippen LogP contribution in [0.4, 0.5) is 17.8 Å². The molecule has 19 heavy (non-hydrogen) atoms. The molecule has 106 valence electrons. The van der Waals surface area contributed by atoms with Crippen molar-refractivity contribution in [2.45, 2.75) is 19.4 Å². The fourth-order valence-corrected chi connectivity index (χ4v) is 2.04. The van der Waals surface area contributed by atoms with Crippen molar-refractivity contribution in [1.82, 2.24) is 15.0 Å². The second-order valence-corrected chi connectivity index (χ2v) is 5.18. The lowest BCUT2D eigenvalue weighted by molar-refractivity contribution is 0.102. The molecule has 2 atom stereocenters. The minimum atomic E-state index is -0.327. The highest BCUT2D eigenvalue weighted by Crippen LogP contribution is 2.22. The lowest BCUT2D eigenvalue weighted by atomic mass is 9.96. The summed E-state index contributed by atoms with van der Waals surface area (Å²) in [5, 5.41) is 12.9. The van der Waals surface area contributed by atoms with E-state index in [-0.39, 0.29) is 6.10 Å². The van der Waals surface area contributed by atoms with Crippen molar-refractivity contribution in [3.63, 3.8) is 0 Å². The molecule has 0 aliphatic carbocycles. The zero-order chi connectivity index (χ0) is 14.0. The Morgan fingerprint density at radius 2 is 2.05 bits per heavy atom. The molecule has 7 nitrogen and oxygen atoms in total. The third-order valence-corrected chi connectivity index (χ3v) is 3.44. The van der Waals surface area contributed by atoms with Crippen LogP contribution in [0.25, 0.3) is 0 Å². The van der Waals surface area contributed by atoms with Gasteiger partial charge in [-0.2, -0.15) is 15.0 Å². The van der Waals surface area contributed by atoms with E-state index < -0.39 is 0 Å². The third kappa shape index (κ3) is 3.04. The molecule has 0 aromatic carbocycles. The second-order valence-electron chi connectivity index (χ2n) is 5.18. The number of hydrogen-bond acceptors (Lipinski definition) is 7. The summed E-state index contributed by atoms with van der Waals surface area (Å²) in [6.07, 6.45) is 0.616. The number of aliphatic hydroxyl groups excluding tert-OH is 1. The molecule has 2 unspecified atom stereocenters. The van der Waals surface area contributed by atoms with E-state index in [0.717, 1.165) is 13.0 Å². The van der Waals surface area contributed by atoms with Gasteiger partial charge in [0.2, 0.25) is 17.8 Å². The molecule has 1 aromatic rings. The minimum Gasteiger partial charge on any atom is -0.391 e. The summed E-state index contributed by atoms with van der Waals surface area (Å²) in [5.41, 5.74) is 0. The van der Waals surface area contributed by atoms with Gasteiger partial charge in [-0.15, -0.1) is 0 Å². The normalized spacial score (nSPS) is 23.3. The maximum atomic E-state index is 9.98. The quantitative estimate of drug-likeness (QED) is 0.808. The largest absolute Gasteiger partial charge is 0.391 e. The summed E-state index contributed by atoms with van der Waals surface area (Å²) in [4.78, 5) is 17.0.